The van der Waals surface area contributed by atoms with Crippen molar-refractivity contribution in [1.29, 1.82) is 0 Å². The van der Waals surface area contributed by atoms with E-state index in [-0.39, 0.29) is 0 Å². The van der Waals surface area contributed by atoms with Crippen LogP contribution in [0.25, 0.3) is 11.3 Å². The number of para-hydroxylation sites is 1. The van der Waals surface area contributed by atoms with Gasteiger partial charge in [-0.1, -0.05) is 36.0 Å². The lowest BCUT2D eigenvalue weighted by Crippen LogP contribution is -2.21. The van der Waals surface area contributed by atoms with Gasteiger partial charge in [0.25, 0.3) is 0 Å². The Morgan fingerprint density at radius 2 is 1.79 bits per heavy atom. The number of aryl methyl sites for hydroxylation is 1. The number of aromatic nitrogens is 5. The molecule has 6 nitrogen and oxygen atoms in total. The van der Waals surface area contributed by atoms with Crippen LogP contribution in [0.15, 0.2) is 60.0 Å². The standard InChI is InChI=1S/C22H24N6S/c1-17-9-10-20-23-18(14-27(20)13-17)16-29-22-25-24-21(15-26-11-5-6-12-26)28(22)19-7-3-2-4-8-19/h2-4,7-10,13-14H,5-6,11-12,15-16H2,1H3. The van der Waals surface area contributed by atoms with Gasteiger partial charge in [-0.05, 0) is 56.6 Å². The molecule has 0 bridgehead atoms. The van der Waals surface area contributed by atoms with E-state index in [9.17, 15) is 0 Å². The summed E-state index contributed by atoms with van der Waals surface area (Å²) in [5, 5.41) is 10.00. The van der Waals surface area contributed by atoms with Crippen LogP contribution in [-0.2, 0) is 12.3 Å². The number of nitrogens with zero attached hydrogens (tertiary/aromatic N) is 6. The van der Waals surface area contributed by atoms with Crippen LogP contribution < -0.4 is 0 Å². The van der Waals surface area contributed by atoms with E-state index < -0.39 is 0 Å². The van der Waals surface area contributed by atoms with Crippen molar-refractivity contribution in [2.24, 2.45) is 0 Å². The highest BCUT2D eigenvalue weighted by atomic mass is 32.2. The first-order valence-electron chi connectivity index (χ1n) is 10.1. The van der Waals surface area contributed by atoms with Crippen molar-refractivity contribution in [2.45, 2.75) is 37.2 Å². The van der Waals surface area contributed by atoms with Crippen LogP contribution in [0.2, 0.25) is 0 Å². The minimum atomic E-state index is 0.759. The summed E-state index contributed by atoms with van der Waals surface area (Å²) in [4.78, 5) is 7.20. The van der Waals surface area contributed by atoms with Crippen LogP contribution in [0.1, 0.15) is 29.9 Å². The third kappa shape index (κ3) is 3.93. The van der Waals surface area contributed by atoms with Crippen molar-refractivity contribution in [3.63, 3.8) is 0 Å². The highest BCUT2D eigenvalue weighted by Crippen LogP contribution is 2.26. The molecule has 7 heteroatoms. The van der Waals surface area contributed by atoms with E-state index in [0.717, 1.165) is 53.4 Å². The zero-order valence-corrected chi connectivity index (χ0v) is 17.3. The molecule has 5 rings (SSSR count). The summed E-state index contributed by atoms with van der Waals surface area (Å²) in [5.74, 6) is 1.77. The molecule has 1 aliphatic heterocycles. The summed E-state index contributed by atoms with van der Waals surface area (Å²) >= 11 is 1.69. The maximum absolute atomic E-state index is 4.74. The van der Waals surface area contributed by atoms with Crippen LogP contribution in [0.5, 0.6) is 0 Å². The second-order valence-electron chi connectivity index (χ2n) is 7.55. The van der Waals surface area contributed by atoms with Crippen molar-refractivity contribution in [2.75, 3.05) is 13.1 Å². The summed E-state index contributed by atoms with van der Waals surface area (Å²) < 4.78 is 4.29. The van der Waals surface area contributed by atoms with E-state index in [1.165, 1.54) is 18.4 Å². The molecule has 0 spiro atoms. The second-order valence-corrected chi connectivity index (χ2v) is 8.49. The first-order valence-corrected chi connectivity index (χ1v) is 11.0. The fraction of sp³-hybridized carbons (Fsp3) is 0.318. The molecule has 0 atom stereocenters. The molecule has 1 saturated heterocycles. The van der Waals surface area contributed by atoms with Gasteiger partial charge in [-0.25, -0.2) is 4.98 Å². The lowest BCUT2D eigenvalue weighted by Gasteiger charge is -2.15. The summed E-state index contributed by atoms with van der Waals surface area (Å²) in [6.07, 6.45) is 6.75. The maximum Gasteiger partial charge on any atom is 0.196 e. The summed E-state index contributed by atoms with van der Waals surface area (Å²) in [6, 6.07) is 14.6. The molecule has 3 aromatic heterocycles. The van der Waals surface area contributed by atoms with Crippen LogP contribution in [-0.4, -0.2) is 42.1 Å². The molecular formula is C22H24N6S. The average Bonchev–Trinajstić information content (AvgIpc) is 3.47. The Balaban J connectivity index is 1.41. The average molecular weight is 405 g/mol. The fourth-order valence-electron chi connectivity index (χ4n) is 3.84. The minimum Gasteiger partial charge on any atom is -0.307 e. The van der Waals surface area contributed by atoms with Gasteiger partial charge in [0.05, 0.1) is 12.2 Å². The molecule has 0 aliphatic carbocycles. The Bertz CT molecular complexity index is 1110. The van der Waals surface area contributed by atoms with Crippen LogP contribution in [0.4, 0.5) is 0 Å². The molecular weight excluding hydrogens is 380 g/mol. The highest BCUT2D eigenvalue weighted by molar-refractivity contribution is 7.98. The zero-order valence-electron chi connectivity index (χ0n) is 16.5. The van der Waals surface area contributed by atoms with E-state index in [1.54, 1.807) is 11.8 Å². The van der Waals surface area contributed by atoms with E-state index in [0.29, 0.717) is 0 Å². The minimum absolute atomic E-state index is 0.759. The predicted molar refractivity (Wildman–Crippen MR) is 115 cm³/mol. The highest BCUT2D eigenvalue weighted by Gasteiger charge is 2.19. The van der Waals surface area contributed by atoms with Crippen molar-refractivity contribution in [3.05, 3.63) is 71.9 Å². The second kappa shape index (κ2) is 8.00. The molecule has 148 valence electrons. The first-order chi connectivity index (χ1) is 14.3. The largest absolute Gasteiger partial charge is 0.307 e. The first kappa shape index (κ1) is 18.4. The zero-order chi connectivity index (χ0) is 19.6. The lowest BCUT2D eigenvalue weighted by atomic mass is 10.3. The Morgan fingerprint density at radius 1 is 0.966 bits per heavy atom. The molecule has 1 aromatic carbocycles. The van der Waals surface area contributed by atoms with Crippen LogP contribution >= 0.6 is 11.8 Å². The normalized spacial score (nSPS) is 14.8. The van der Waals surface area contributed by atoms with E-state index in [4.69, 9.17) is 4.98 Å². The van der Waals surface area contributed by atoms with Gasteiger partial charge in [0.1, 0.15) is 5.65 Å². The van der Waals surface area contributed by atoms with Gasteiger partial charge >= 0.3 is 0 Å². The molecule has 0 N–H and O–H groups in total. The molecule has 4 aromatic rings. The Hall–Kier alpha value is -2.64. The van der Waals surface area contributed by atoms with Gasteiger partial charge in [-0.15, -0.1) is 10.2 Å². The summed E-state index contributed by atoms with van der Waals surface area (Å²) in [5.41, 5.74) is 4.36. The van der Waals surface area contributed by atoms with Gasteiger partial charge in [0.15, 0.2) is 11.0 Å². The van der Waals surface area contributed by atoms with E-state index in [2.05, 4.69) is 79.8 Å². The van der Waals surface area contributed by atoms with Gasteiger partial charge < -0.3 is 4.40 Å². The molecule has 0 unspecified atom stereocenters. The third-order valence-corrected chi connectivity index (χ3v) is 6.24. The number of rotatable bonds is 6. The van der Waals surface area contributed by atoms with E-state index in [1.807, 2.05) is 6.07 Å². The Kier molecular flexibility index (Phi) is 5.08. The molecule has 1 aliphatic rings. The number of likely N-dealkylation sites (tertiary alicyclic amines) is 1. The molecule has 4 heterocycles. The van der Waals surface area contributed by atoms with Crippen molar-refractivity contribution in [3.8, 4) is 5.69 Å². The number of hydrogen-bond donors (Lipinski definition) is 0. The van der Waals surface area contributed by atoms with Gasteiger partial charge in [-0.2, -0.15) is 0 Å². The quantitative estimate of drug-likeness (QED) is 0.453. The number of fused-ring (bicyclic) bond motifs is 1. The van der Waals surface area contributed by atoms with Gasteiger partial charge in [0, 0.05) is 23.8 Å². The summed E-state index contributed by atoms with van der Waals surface area (Å²) in [7, 11) is 0. The molecule has 0 amide bonds. The number of hydrogen-bond acceptors (Lipinski definition) is 5. The van der Waals surface area contributed by atoms with E-state index >= 15 is 0 Å². The molecule has 1 fully saturated rings. The third-order valence-electron chi connectivity index (χ3n) is 5.28. The topological polar surface area (TPSA) is 51.2 Å². The molecule has 0 radical (unpaired) electrons. The monoisotopic (exact) mass is 404 g/mol. The SMILES string of the molecule is Cc1ccc2nc(CSc3nnc(CN4CCCC4)n3-c3ccccc3)cn2c1. The molecule has 29 heavy (non-hydrogen) atoms. The predicted octanol–water partition coefficient (Wildman–Crippen LogP) is 4.11. The fourth-order valence-corrected chi connectivity index (χ4v) is 4.69. The molecule has 0 saturated carbocycles. The Labute approximate surface area is 174 Å². The number of benzene rings is 1. The van der Waals surface area contributed by atoms with Gasteiger partial charge in [0.2, 0.25) is 0 Å². The van der Waals surface area contributed by atoms with Crippen molar-refractivity contribution >= 4 is 17.4 Å². The van der Waals surface area contributed by atoms with Crippen molar-refractivity contribution < 1.29 is 0 Å². The smallest absolute Gasteiger partial charge is 0.196 e. The Morgan fingerprint density at radius 3 is 2.62 bits per heavy atom. The number of imidazole rings is 1. The summed E-state index contributed by atoms with van der Waals surface area (Å²) in [6.45, 7) is 5.23. The van der Waals surface area contributed by atoms with Crippen LogP contribution in [0.3, 0.4) is 0 Å². The van der Waals surface area contributed by atoms with Crippen molar-refractivity contribution in [1.82, 2.24) is 29.0 Å². The van der Waals surface area contributed by atoms with Gasteiger partial charge in [-0.3, -0.25) is 9.47 Å². The lowest BCUT2D eigenvalue weighted by molar-refractivity contribution is 0.319. The maximum atomic E-state index is 4.74. The number of pyridine rings is 1. The number of thioether (sulfide) groups is 1. The van der Waals surface area contributed by atoms with Crippen LogP contribution in [0, 0.1) is 6.92 Å².